The van der Waals surface area contributed by atoms with Gasteiger partial charge in [0.15, 0.2) is 6.71 Å². The van der Waals surface area contributed by atoms with Crippen molar-refractivity contribution in [2.45, 2.75) is 53.2 Å². The lowest BCUT2D eigenvalue weighted by Gasteiger charge is -2.35. The van der Waals surface area contributed by atoms with E-state index in [1.54, 1.807) is 0 Å². The van der Waals surface area contributed by atoms with E-state index >= 15 is 0 Å². The first-order valence-electron chi connectivity index (χ1n) is 7.76. The Morgan fingerprint density at radius 3 is 2.40 bits per heavy atom. The van der Waals surface area contributed by atoms with Crippen molar-refractivity contribution in [1.82, 2.24) is 0 Å². The number of rotatable bonds is 1. The van der Waals surface area contributed by atoms with Crippen molar-refractivity contribution in [3.05, 3.63) is 22.7 Å². The molecule has 0 spiro atoms. The van der Waals surface area contributed by atoms with E-state index in [4.69, 9.17) is 16.3 Å². The first-order chi connectivity index (χ1) is 9.32. The van der Waals surface area contributed by atoms with Crippen molar-refractivity contribution in [3.8, 4) is 5.75 Å². The third-order valence-electron chi connectivity index (χ3n) is 5.83. The van der Waals surface area contributed by atoms with Gasteiger partial charge in [0.2, 0.25) is 0 Å². The van der Waals surface area contributed by atoms with Gasteiger partial charge in [0, 0.05) is 0 Å². The second-order valence-electron chi connectivity index (χ2n) is 7.78. The Morgan fingerprint density at radius 1 is 1.10 bits per heavy atom. The van der Waals surface area contributed by atoms with E-state index in [1.165, 1.54) is 23.7 Å². The van der Waals surface area contributed by atoms with Gasteiger partial charge >= 0.3 is 0 Å². The van der Waals surface area contributed by atoms with Crippen molar-refractivity contribution in [3.63, 3.8) is 0 Å². The summed E-state index contributed by atoms with van der Waals surface area (Å²) >= 11 is 6.67. The van der Waals surface area contributed by atoms with Crippen LogP contribution in [-0.2, 0) is 6.42 Å². The summed E-state index contributed by atoms with van der Waals surface area (Å²) in [5.41, 5.74) is 3.29. The highest BCUT2D eigenvalue weighted by atomic mass is 35.5. The van der Waals surface area contributed by atoms with Crippen molar-refractivity contribution >= 4 is 23.8 Å². The minimum atomic E-state index is 0.359. The summed E-state index contributed by atoms with van der Waals surface area (Å²) < 4.78 is 5.83. The molecule has 1 aromatic rings. The summed E-state index contributed by atoms with van der Waals surface area (Å²) in [7, 11) is 0. The molecular formula is C17H24BClO. The molecule has 0 saturated carbocycles. The van der Waals surface area contributed by atoms with E-state index in [0.29, 0.717) is 17.5 Å². The summed E-state index contributed by atoms with van der Waals surface area (Å²) in [5.74, 6) is 0.956. The SMILES string of the molecule is CC1(C)CB(c2ccc3c(c2Cl)OCCC3)CC1(C)C. The molecule has 2 aliphatic rings. The van der Waals surface area contributed by atoms with E-state index in [-0.39, 0.29) is 0 Å². The lowest BCUT2D eigenvalue weighted by atomic mass is 9.42. The van der Waals surface area contributed by atoms with Gasteiger partial charge in [-0.1, -0.05) is 69.5 Å². The zero-order valence-corrected chi connectivity index (χ0v) is 13.8. The van der Waals surface area contributed by atoms with Gasteiger partial charge < -0.3 is 4.74 Å². The Hall–Kier alpha value is -0.625. The average molecular weight is 291 g/mol. The van der Waals surface area contributed by atoms with Crippen molar-refractivity contribution in [1.29, 1.82) is 0 Å². The molecule has 0 radical (unpaired) electrons. The van der Waals surface area contributed by atoms with Crippen LogP contribution in [0.1, 0.15) is 39.7 Å². The highest BCUT2D eigenvalue weighted by Gasteiger charge is 2.48. The van der Waals surface area contributed by atoms with E-state index in [0.717, 1.165) is 30.2 Å². The number of fused-ring (bicyclic) bond motifs is 1. The zero-order chi connectivity index (χ0) is 14.5. The van der Waals surface area contributed by atoms with Gasteiger partial charge in [0.1, 0.15) is 5.75 Å². The van der Waals surface area contributed by atoms with Crippen LogP contribution in [0.4, 0.5) is 0 Å². The Morgan fingerprint density at radius 2 is 1.75 bits per heavy atom. The summed E-state index contributed by atoms with van der Waals surface area (Å²) in [6.45, 7) is 10.9. The van der Waals surface area contributed by atoms with Gasteiger partial charge in [0.25, 0.3) is 0 Å². The maximum absolute atomic E-state index is 6.67. The van der Waals surface area contributed by atoms with Crippen molar-refractivity contribution in [2.24, 2.45) is 10.8 Å². The maximum atomic E-state index is 6.67. The number of hydrogen-bond donors (Lipinski definition) is 0. The van der Waals surface area contributed by atoms with Crippen LogP contribution in [0, 0.1) is 10.8 Å². The number of halogens is 1. The lowest BCUT2D eigenvalue weighted by molar-refractivity contribution is 0.177. The smallest absolute Gasteiger partial charge is 0.179 e. The van der Waals surface area contributed by atoms with Crippen LogP contribution in [-0.4, -0.2) is 13.3 Å². The molecule has 0 aliphatic carbocycles. The van der Waals surface area contributed by atoms with Crippen LogP contribution in [0.2, 0.25) is 17.7 Å². The first kappa shape index (κ1) is 14.3. The molecule has 0 bridgehead atoms. The average Bonchev–Trinajstić information content (AvgIpc) is 2.59. The Kier molecular flexibility index (Phi) is 3.36. The normalized spacial score (nSPS) is 23.4. The first-order valence-corrected chi connectivity index (χ1v) is 8.14. The largest absolute Gasteiger partial charge is 0.492 e. The van der Waals surface area contributed by atoms with Gasteiger partial charge in [0.05, 0.1) is 11.6 Å². The van der Waals surface area contributed by atoms with Crippen LogP contribution in [0.15, 0.2) is 12.1 Å². The van der Waals surface area contributed by atoms with Crippen LogP contribution in [0.25, 0.3) is 0 Å². The standard InChI is InChI=1S/C17H24BClO/c1-16(2)10-18(11-17(16,3)4)13-8-7-12-6-5-9-20-15(12)14(13)19/h7-8H,5-6,9-11H2,1-4H3. The molecular weight excluding hydrogens is 266 g/mol. The summed E-state index contributed by atoms with van der Waals surface area (Å²) in [6, 6.07) is 4.48. The Bertz CT molecular complexity index is 520. The van der Waals surface area contributed by atoms with Crippen molar-refractivity contribution < 1.29 is 4.74 Å². The minimum absolute atomic E-state index is 0.359. The third-order valence-corrected chi connectivity index (χ3v) is 6.22. The van der Waals surface area contributed by atoms with E-state index in [1.807, 2.05) is 0 Å². The third kappa shape index (κ3) is 2.17. The summed E-state index contributed by atoms with van der Waals surface area (Å²) in [6.07, 6.45) is 4.61. The molecule has 2 heterocycles. The van der Waals surface area contributed by atoms with Crippen LogP contribution in [0.3, 0.4) is 0 Å². The second-order valence-corrected chi connectivity index (χ2v) is 8.16. The Labute approximate surface area is 128 Å². The van der Waals surface area contributed by atoms with Crippen LogP contribution in [0.5, 0.6) is 5.75 Å². The summed E-state index contributed by atoms with van der Waals surface area (Å²) in [5, 5.41) is 0.876. The molecule has 1 aromatic carbocycles. The minimum Gasteiger partial charge on any atom is -0.492 e. The topological polar surface area (TPSA) is 9.23 Å². The molecule has 0 amide bonds. The predicted molar refractivity (Wildman–Crippen MR) is 87.8 cm³/mol. The highest BCUT2D eigenvalue weighted by Crippen LogP contribution is 2.53. The molecule has 0 N–H and O–H groups in total. The van der Waals surface area contributed by atoms with E-state index < -0.39 is 0 Å². The lowest BCUT2D eigenvalue weighted by Crippen LogP contribution is -2.30. The maximum Gasteiger partial charge on any atom is 0.179 e. The number of ether oxygens (including phenoxy) is 1. The molecule has 0 aromatic heterocycles. The molecule has 3 heteroatoms. The van der Waals surface area contributed by atoms with Gasteiger partial charge in [-0.2, -0.15) is 0 Å². The van der Waals surface area contributed by atoms with Crippen LogP contribution < -0.4 is 10.2 Å². The monoisotopic (exact) mass is 290 g/mol. The molecule has 1 nitrogen and oxygen atoms in total. The molecule has 3 rings (SSSR count). The fraction of sp³-hybridized carbons (Fsp3) is 0.647. The number of hydrogen-bond acceptors (Lipinski definition) is 1. The number of benzene rings is 1. The number of aryl methyl sites for hydroxylation is 1. The molecule has 1 fully saturated rings. The molecule has 108 valence electrons. The van der Waals surface area contributed by atoms with Crippen LogP contribution >= 0.6 is 11.6 Å². The molecule has 2 aliphatic heterocycles. The molecule has 0 unspecified atom stereocenters. The van der Waals surface area contributed by atoms with Gasteiger partial charge in [-0.05, 0) is 29.2 Å². The van der Waals surface area contributed by atoms with E-state index in [9.17, 15) is 0 Å². The second kappa shape index (κ2) is 4.69. The zero-order valence-electron chi connectivity index (χ0n) is 13.1. The highest BCUT2D eigenvalue weighted by molar-refractivity contribution is 6.76. The van der Waals surface area contributed by atoms with Gasteiger partial charge in [-0.15, -0.1) is 0 Å². The summed E-state index contributed by atoms with van der Waals surface area (Å²) in [4.78, 5) is 0. The van der Waals surface area contributed by atoms with Gasteiger partial charge in [-0.3, -0.25) is 0 Å². The molecule has 1 saturated heterocycles. The predicted octanol–water partition coefficient (Wildman–Crippen LogP) is 4.43. The molecule has 0 atom stereocenters. The van der Waals surface area contributed by atoms with Gasteiger partial charge in [-0.25, -0.2) is 0 Å². The molecule has 20 heavy (non-hydrogen) atoms. The van der Waals surface area contributed by atoms with E-state index in [2.05, 4.69) is 39.8 Å². The Balaban J connectivity index is 1.96. The quantitative estimate of drug-likeness (QED) is 0.695. The fourth-order valence-corrected chi connectivity index (χ4v) is 4.19. The fourth-order valence-electron chi connectivity index (χ4n) is 3.79. The van der Waals surface area contributed by atoms with Crippen molar-refractivity contribution in [2.75, 3.05) is 6.61 Å².